The van der Waals surface area contributed by atoms with E-state index in [-0.39, 0.29) is 6.10 Å². The maximum absolute atomic E-state index is 9.65. The molecule has 1 saturated carbocycles. The number of likely N-dealkylation sites (tertiary alicyclic amines) is 1. The highest BCUT2D eigenvalue weighted by Gasteiger charge is 2.22. The predicted molar refractivity (Wildman–Crippen MR) is 92.0 cm³/mol. The highest BCUT2D eigenvalue weighted by molar-refractivity contribution is 5.52. The number of aliphatic hydroxyl groups excluding tert-OH is 1. The minimum Gasteiger partial charge on any atom is -0.393 e. The van der Waals surface area contributed by atoms with Crippen LogP contribution in [0.25, 0.3) is 0 Å². The summed E-state index contributed by atoms with van der Waals surface area (Å²) in [5.74, 6) is 0.770. The average molecular weight is 302 g/mol. The number of rotatable bonds is 4. The number of hydrogen-bond acceptors (Lipinski definition) is 3. The molecule has 0 aromatic heterocycles. The van der Waals surface area contributed by atoms with E-state index in [9.17, 15) is 5.11 Å². The molecule has 2 atom stereocenters. The molecule has 1 aromatic carbocycles. The largest absolute Gasteiger partial charge is 0.393 e. The zero-order valence-electron chi connectivity index (χ0n) is 13.8. The second-order valence-electron chi connectivity index (χ2n) is 7.18. The van der Waals surface area contributed by atoms with E-state index in [1.807, 2.05) is 0 Å². The zero-order valence-corrected chi connectivity index (χ0v) is 13.8. The van der Waals surface area contributed by atoms with Gasteiger partial charge in [-0.1, -0.05) is 38.0 Å². The molecule has 3 heteroatoms. The molecule has 1 saturated heterocycles. The van der Waals surface area contributed by atoms with Crippen molar-refractivity contribution in [2.45, 2.75) is 64.1 Å². The summed E-state index contributed by atoms with van der Waals surface area (Å²) in [6.45, 7) is 5.40. The van der Waals surface area contributed by atoms with Crippen LogP contribution in [0.4, 0.5) is 5.69 Å². The van der Waals surface area contributed by atoms with E-state index < -0.39 is 0 Å². The number of nitrogens with zero attached hydrogens (tertiary/aromatic N) is 1. The first-order valence-corrected chi connectivity index (χ1v) is 8.97. The molecule has 22 heavy (non-hydrogen) atoms. The molecule has 2 fully saturated rings. The topological polar surface area (TPSA) is 35.5 Å². The van der Waals surface area contributed by atoms with Gasteiger partial charge in [0.2, 0.25) is 0 Å². The quantitative estimate of drug-likeness (QED) is 0.891. The Labute approximate surface area is 134 Å². The Morgan fingerprint density at radius 2 is 1.82 bits per heavy atom. The molecule has 122 valence electrons. The van der Waals surface area contributed by atoms with Crippen molar-refractivity contribution in [3.05, 3.63) is 29.8 Å². The molecule has 1 aromatic rings. The number of aliphatic hydroxyl groups is 1. The van der Waals surface area contributed by atoms with Crippen LogP contribution < -0.4 is 5.32 Å². The number of piperidine rings is 1. The van der Waals surface area contributed by atoms with Gasteiger partial charge in [0.25, 0.3) is 0 Å². The second kappa shape index (κ2) is 7.47. The molecule has 2 N–H and O–H groups in total. The first-order chi connectivity index (χ1) is 10.7. The monoisotopic (exact) mass is 302 g/mol. The van der Waals surface area contributed by atoms with Crippen molar-refractivity contribution in [3.63, 3.8) is 0 Å². The van der Waals surface area contributed by atoms with Gasteiger partial charge in [0.05, 0.1) is 6.10 Å². The molecule has 0 bridgehead atoms. The van der Waals surface area contributed by atoms with Gasteiger partial charge in [-0.25, -0.2) is 0 Å². The Bertz CT molecular complexity index is 468. The normalized spacial score (nSPS) is 27.7. The molecular weight excluding hydrogens is 272 g/mol. The Morgan fingerprint density at radius 1 is 1.09 bits per heavy atom. The summed E-state index contributed by atoms with van der Waals surface area (Å²) in [7, 11) is 0. The maximum Gasteiger partial charge on any atom is 0.0564 e. The highest BCUT2D eigenvalue weighted by atomic mass is 16.3. The summed E-state index contributed by atoms with van der Waals surface area (Å²) >= 11 is 0. The van der Waals surface area contributed by atoms with E-state index in [0.717, 1.165) is 38.4 Å². The Morgan fingerprint density at radius 3 is 2.59 bits per heavy atom. The molecule has 3 nitrogen and oxygen atoms in total. The molecular formula is C19H30N2O. The summed E-state index contributed by atoms with van der Waals surface area (Å²) in [6.07, 6.45) is 7.12. The second-order valence-corrected chi connectivity index (χ2v) is 7.18. The van der Waals surface area contributed by atoms with Crippen LogP contribution in [0.3, 0.4) is 0 Å². The molecule has 2 unspecified atom stereocenters. The molecule has 0 radical (unpaired) electrons. The number of benzene rings is 1. The van der Waals surface area contributed by atoms with Gasteiger partial charge in [0.1, 0.15) is 0 Å². The van der Waals surface area contributed by atoms with E-state index in [0.29, 0.717) is 6.04 Å². The SMILES string of the molecule is CC1CCCCC1Nc1ccccc1CN1CCC(O)CC1. The summed E-state index contributed by atoms with van der Waals surface area (Å²) in [5, 5.41) is 13.5. The number of hydrogen-bond donors (Lipinski definition) is 2. The molecule has 1 heterocycles. The number of anilines is 1. The molecule has 1 aliphatic heterocycles. The van der Waals surface area contributed by atoms with Crippen LogP contribution in [-0.2, 0) is 6.54 Å². The van der Waals surface area contributed by atoms with E-state index in [1.54, 1.807) is 0 Å². The Balaban J connectivity index is 1.64. The Kier molecular flexibility index (Phi) is 5.37. The minimum absolute atomic E-state index is 0.0901. The molecule has 2 aliphatic rings. The van der Waals surface area contributed by atoms with Gasteiger partial charge in [-0.15, -0.1) is 0 Å². The summed E-state index contributed by atoms with van der Waals surface area (Å²) in [4.78, 5) is 2.47. The lowest BCUT2D eigenvalue weighted by molar-refractivity contribution is 0.0793. The summed E-state index contributed by atoms with van der Waals surface area (Å²) in [6, 6.07) is 9.39. The van der Waals surface area contributed by atoms with Crippen LogP contribution in [0.2, 0.25) is 0 Å². The van der Waals surface area contributed by atoms with Gasteiger partial charge < -0.3 is 10.4 Å². The van der Waals surface area contributed by atoms with Crippen molar-refractivity contribution in [2.24, 2.45) is 5.92 Å². The van der Waals surface area contributed by atoms with Crippen LogP contribution in [-0.4, -0.2) is 35.2 Å². The molecule has 0 spiro atoms. The first-order valence-electron chi connectivity index (χ1n) is 8.97. The summed E-state index contributed by atoms with van der Waals surface area (Å²) in [5.41, 5.74) is 2.71. The minimum atomic E-state index is -0.0901. The lowest BCUT2D eigenvalue weighted by atomic mass is 9.85. The van der Waals surface area contributed by atoms with E-state index in [1.165, 1.54) is 36.9 Å². The van der Waals surface area contributed by atoms with Crippen molar-refractivity contribution < 1.29 is 5.11 Å². The van der Waals surface area contributed by atoms with E-state index >= 15 is 0 Å². The fourth-order valence-electron chi connectivity index (χ4n) is 3.85. The van der Waals surface area contributed by atoms with Crippen LogP contribution in [0.5, 0.6) is 0 Å². The van der Waals surface area contributed by atoms with Crippen molar-refractivity contribution in [1.29, 1.82) is 0 Å². The lowest BCUT2D eigenvalue weighted by Gasteiger charge is -2.33. The van der Waals surface area contributed by atoms with Crippen molar-refractivity contribution in [2.75, 3.05) is 18.4 Å². The lowest BCUT2D eigenvalue weighted by Crippen LogP contribution is -2.36. The summed E-state index contributed by atoms with van der Waals surface area (Å²) < 4.78 is 0. The third-order valence-electron chi connectivity index (χ3n) is 5.42. The van der Waals surface area contributed by atoms with Crippen LogP contribution in [0.1, 0.15) is 51.0 Å². The Hall–Kier alpha value is -1.06. The fraction of sp³-hybridized carbons (Fsp3) is 0.684. The van der Waals surface area contributed by atoms with Crippen LogP contribution in [0, 0.1) is 5.92 Å². The predicted octanol–water partition coefficient (Wildman–Crippen LogP) is 3.63. The third kappa shape index (κ3) is 4.02. The first kappa shape index (κ1) is 15.8. The van der Waals surface area contributed by atoms with Gasteiger partial charge >= 0.3 is 0 Å². The van der Waals surface area contributed by atoms with Gasteiger partial charge in [-0.05, 0) is 43.2 Å². The van der Waals surface area contributed by atoms with Crippen LogP contribution >= 0.6 is 0 Å². The van der Waals surface area contributed by atoms with Crippen LogP contribution in [0.15, 0.2) is 24.3 Å². The maximum atomic E-state index is 9.65. The highest BCUT2D eigenvalue weighted by Crippen LogP contribution is 2.28. The third-order valence-corrected chi connectivity index (χ3v) is 5.42. The zero-order chi connectivity index (χ0) is 15.4. The van der Waals surface area contributed by atoms with Crippen molar-refractivity contribution >= 4 is 5.69 Å². The average Bonchev–Trinajstić information content (AvgIpc) is 2.53. The van der Waals surface area contributed by atoms with E-state index in [4.69, 9.17) is 0 Å². The van der Waals surface area contributed by atoms with Gasteiger partial charge in [0, 0.05) is 31.4 Å². The van der Waals surface area contributed by atoms with Gasteiger partial charge in [0.15, 0.2) is 0 Å². The van der Waals surface area contributed by atoms with Crippen molar-refractivity contribution in [3.8, 4) is 0 Å². The van der Waals surface area contributed by atoms with E-state index in [2.05, 4.69) is 41.4 Å². The number of nitrogens with one attached hydrogen (secondary N) is 1. The standard InChI is InChI=1S/C19H30N2O/c1-15-6-2-4-8-18(15)20-19-9-5-3-7-16(19)14-21-12-10-17(22)11-13-21/h3,5,7,9,15,17-18,20,22H,2,4,6,8,10-14H2,1H3. The fourth-order valence-corrected chi connectivity index (χ4v) is 3.85. The molecule has 1 aliphatic carbocycles. The smallest absolute Gasteiger partial charge is 0.0564 e. The molecule has 3 rings (SSSR count). The number of para-hydroxylation sites is 1. The van der Waals surface area contributed by atoms with Gasteiger partial charge in [-0.3, -0.25) is 4.90 Å². The molecule has 0 amide bonds. The van der Waals surface area contributed by atoms with Gasteiger partial charge in [-0.2, -0.15) is 0 Å². The van der Waals surface area contributed by atoms with Crippen molar-refractivity contribution in [1.82, 2.24) is 4.90 Å².